The van der Waals surface area contributed by atoms with Crippen LogP contribution in [0, 0.1) is 25.8 Å². The third kappa shape index (κ3) is 7.73. The van der Waals surface area contributed by atoms with Crippen LogP contribution in [0.1, 0.15) is 44.7 Å². The van der Waals surface area contributed by atoms with Gasteiger partial charge in [0, 0.05) is 47.7 Å². The van der Waals surface area contributed by atoms with Crippen LogP contribution >= 0.6 is 0 Å². The standard InChI is InChI=1S/C26H22N.C12H10N.Ir/c1-19-16-26(27-18-25(19)22-12-7-4-8-13-22)24-15-9-14-23(17-24)20(2)21-10-5-3-6-11-21;1-10-7-8-12(13-9-10)11-5-3-2-4-6-11;/h3-14,16-18,20H,1-2H3;2-5,7-9H,1H3;/q2*-1;/i1D3,20D;1D3;. The van der Waals surface area contributed by atoms with Crippen molar-refractivity contribution in [2.75, 3.05) is 0 Å². The third-order valence-corrected chi connectivity index (χ3v) is 6.45. The molecule has 0 spiro atoms. The Morgan fingerprint density at radius 1 is 0.659 bits per heavy atom. The zero-order chi connectivity index (χ0) is 33.7. The number of pyridine rings is 2. The molecule has 1 unspecified atom stereocenters. The van der Waals surface area contributed by atoms with Crippen LogP contribution < -0.4 is 0 Å². The Bertz CT molecular complexity index is 1910. The number of benzene rings is 4. The Morgan fingerprint density at radius 2 is 1.39 bits per heavy atom. The topological polar surface area (TPSA) is 25.8 Å². The van der Waals surface area contributed by atoms with Crippen molar-refractivity contribution in [1.29, 1.82) is 0 Å². The Morgan fingerprint density at radius 3 is 2.07 bits per heavy atom. The van der Waals surface area contributed by atoms with E-state index < -0.39 is 19.6 Å². The summed E-state index contributed by atoms with van der Waals surface area (Å²) in [5, 5.41) is 0. The summed E-state index contributed by atoms with van der Waals surface area (Å²) in [7, 11) is 0. The Kier molecular flexibility index (Phi) is 7.60. The number of aryl methyl sites for hydroxylation is 2. The van der Waals surface area contributed by atoms with Gasteiger partial charge in [-0.1, -0.05) is 85.8 Å². The first-order valence-electron chi connectivity index (χ1n) is 16.4. The van der Waals surface area contributed by atoms with Crippen molar-refractivity contribution in [3.05, 3.63) is 168 Å². The van der Waals surface area contributed by atoms with Crippen LogP contribution in [0.4, 0.5) is 0 Å². The molecule has 2 nitrogen and oxygen atoms in total. The second kappa shape index (κ2) is 14.5. The van der Waals surface area contributed by atoms with Gasteiger partial charge in [-0.3, -0.25) is 0 Å². The molecular formula is C38H32IrN2-2. The molecular weight excluding hydrogens is 677 g/mol. The molecule has 0 saturated carbocycles. The maximum atomic E-state index is 8.93. The van der Waals surface area contributed by atoms with E-state index in [1.807, 2.05) is 97.9 Å². The fraction of sp³-hybridized carbons (Fsp3) is 0.105. The molecule has 0 aliphatic heterocycles. The van der Waals surface area contributed by atoms with Crippen molar-refractivity contribution in [3.8, 4) is 33.6 Å². The van der Waals surface area contributed by atoms with Crippen LogP contribution in [0.25, 0.3) is 33.6 Å². The van der Waals surface area contributed by atoms with Crippen LogP contribution in [0.2, 0.25) is 0 Å². The number of hydrogen-bond donors (Lipinski definition) is 0. The van der Waals surface area contributed by atoms with Gasteiger partial charge in [-0.15, -0.1) is 71.3 Å². The summed E-state index contributed by atoms with van der Waals surface area (Å²) in [6, 6.07) is 43.1. The fourth-order valence-corrected chi connectivity index (χ4v) is 4.26. The summed E-state index contributed by atoms with van der Waals surface area (Å²) in [6.07, 6.45) is 3.01. The van der Waals surface area contributed by atoms with E-state index in [0.29, 0.717) is 16.8 Å². The maximum Gasteiger partial charge on any atom is 0.0383 e. The smallest absolute Gasteiger partial charge is 0.0383 e. The van der Waals surface area contributed by atoms with E-state index in [9.17, 15) is 0 Å². The third-order valence-electron chi connectivity index (χ3n) is 6.45. The zero-order valence-electron chi connectivity index (χ0n) is 29.4. The summed E-state index contributed by atoms with van der Waals surface area (Å²) in [5.74, 6) is -0.956. The molecule has 6 rings (SSSR count). The summed E-state index contributed by atoms with van der Waals surface area (Å²) in [6.45, 7) is -2.53. The number of rotatable bonds is 5. The molecule has 3 heteroatoms. The minimum Gasteiger partial charge on any atom is -0.304 e. The monoisotopic (exact) mass is 716 g/mol. The average molecular weight is 716 g/mol. The molecule has 0 fully saturated rings. The van der Waals surface area contributed by atoms with Crippen molar-refractivity contribution in [3.63, 3.8) is 0 Å². The maximum absolute atomic E-state index is 8.93. The van der Waals surface area contributed by atoms with Crippen molar-refractivity contribution in [2.45, 2.75) is 26.5 Å². The second-order valence-electron chi connectivity index (χ2n) is 9.17. The van der Waals surface area contributed by atoms with Gasteiger partial charge in [-0.05, 0) is 53.2 Å². The second-order valence-corrected chi connectivity index (χ2v) is 9.17. The van der Waals surface area contributed by atoms with Gasteiger partial charge in [0.05, 0.1) is 0 Å². The van der Waals surface area contributed by atoms with Crippen LogP contribution in [0.5, 0.6) is 0 Å². The van der Waals surface area contributed by atoms with E-state index in [1.54, 1.807) is 36.5 Å². The Hall–Kier alpha value is -4.17. The largest absolute Gasteiger partial charge is 0.304 e. The quantitative estimate of drug-likeness (QED) is 0.166. The van der Waals surface area contributed by atoms with Crippen LogP contribution in [0.15, 0.2) is 134 Å². The predicted molar refractivity (Wildman–Crippen MR) is 166 cm³/mol. The molecule has 41 heavy (non-hydrogen) atoms. The first-order valence-corrected chi connectivity index (χ1v) is 12.9. The first-order chi connectivity index (χ1) is 22.3. The SMILES string of the molecule is [2H]C([2H])([2H])c1cc(-c2[c-]ccc(C([2H])(C)c3ccccc3)c2)ncc1-c1ccccc1.[2H]C([2H])([2H])c1ccc(-c2[c-]cccc2)nc1.[Ir]. The van der Waals surface area contributed by atoms with Crippen molar-refractivity contribution in [2.24, 2.45) is 0 Å². The van der Waals surface area contributed by atoms with E-state index in [0.717, 1.165) is 27.9 Å². The minimum atomic E-state index is -2.28. The predicted octanol–water partition coefficient (Wildman–Crippen LogP) is 9.53. The van der Waals surface area contributed by atoms with E-state index >= 15 is 0 Å². The van der Waals surface area contributed by atoms with E-state index in [1.165, 1.54) is 6.20 Å². The first kappa shape index (κ1) is 21.6. The van der Waals surface area contributed by atoms with Gasteiger partial charge in [0.15, 0.2) is 0 Å². The number of nitrogens with zero attached hydrogens (tertiary/aromatic N) is 2. The molecule has 0 bridgehead atoms. The van der Waals surface area contributed by atoms with Crippen LogP contribution in [-0.2, 0) is 20.1 Å². The zero-order valence-corrected chi connectivity index (χ0v) is 24.8. The van der Waals surface area contributed by atoms with Gasteiger partial charge in [0.2, 0.25) is 0 Å². The Balaban J connectivity index is 0.000000258. The molecule has 205 valence electrons. The molecule has 0 aliphatic rings. The fourth-order valence-electron chi connectivity index (χ4n) is 4.26. The van der Waals surface area contributed by atoms with Crippen molar-refractivity contribution in [1.82, 2.24) is 9.97 Å². The molecule has 1 radical (unpaired) electrons. The normalized spacial score (nSPS) is 14.9. The molecule has 0 saturated heterocycles. The molecule has 4 aromatic carbocycles. The van der Waals surface area contributed by atoms with Crippen LogP contribution in [-0.4, -0.2) is 9.97 Å². The minimum absolute atomic E-state index is 0. The molecule has 2 heterocycles. The molecule has 1 atom stereocenters. The molecule has 6 aromatic rings. The summed E-state index contributed by atoms with van der Waals surface area (Å²) < 4.78 is 54.8. The van der Waals surface area contributed by atoms with Crippen LogP contribution in [0.3, 0.4) is 0 Å². The number of aromatic nitrogens is 2. The Labute approximate surface area is 267 Å². The summed E-state index contributed by atoms with van der Waals surface area (Å²) >= 11 is 0. The van der Waals surface area contributed by atoms with Gasteiger partial charge in [0.1, 0.15) is 0 Å². The molecule has 0 N–H and O–H groups in total. The van der Waals surface area contributed by atoms with Gasteiger partial charge in [-0.2, -0.15) is 0 Å². The van der Waals surface area contributed by atoms with Gasteiger partial charge in [0.25, 0.3) is 0 Å². The van der Waals surface area contributed by atoms with E-state index in [4.69, 9.17) is 9.60 Å². The van der Waals surface area contributed by atoms with Gasteiger partial charge in [-0.25, -0.2) is 0 Å². The van der Waals surface area contributed by atoms with E-state index in [2.05, 4.69) is 22.1 Å². The molecule has 2 aromatic heterocycles. The summed E-state index contributed by atoms with van der Waals surface area (Å²) in [5.41, 5.74) is 6.36. The van der Waals surface area contributed by atoms with Crippen molar-refractivity contribution < 1.29 is 29.7 Å². The molecule has 0 aliphatic carbocycles. The molecule has 0 amide bonds. The summed E-state index contributed by atoms with van der Waals surface area (Å²) in [4.78, 5) is 8.68. The van der Waals surface area contributed by atoms with Gasteiger partial charge < -0.3 is 9.97 Å². The van der Waals surface area contributed by atoms with Gasteiger partial charge >= 0.3 is 0 Å². The van der Waals surface area contributed by atoms with Crippen molar-refractivity contribution >= 4 is 0 Å². The number of hydrogen-bond acceptors (Lipinski definition) is 2. The average Bonchev–Trinajstić information content (AvgIpc) is 3.09. The van der Waals surface area contributed by atoms with E-state index in [-0.39, 0.29) is 31.2 Å².